The van der Waals surface area contributed by atoms with Crippen LogP contribution < -0.4 is 0 Å². The first kappa shape index (κ1) is 12.0. The van der Waals surface area contributed by atoms with E-state index >= 15 is 0 Å². The smallest absolute Gasteiger partial charge is 0.156 e. The van der Waals surface area contributed by atoms with E-state index in [0.29, 0.717) is 12.2 Å². The van der Waals surface area contributed by atoms with Gasteiger partial charge < -0.3 is 5.11 Å². The number of aromatic hydroxyl groups is 1. The number of alkyl halides is 1. The summed E-state index contributed by atoms with van der Waals surface area (Å²) < 4.78 is 0. The Morgan fingerprint density at radius 2 is 2.28 bits per heavy atom. The van der Waals surface area contributed by atoms with Gasteiger partial charge in [-0.3, -0.25) is 4.79 Å². The van der Waals surface area contributed by atoms with E-state index in [4.69, 9.17) is 0 Å². The minimum Gasteiger partial charge on any atom is -0.508 e. The Labute approximate surface area is 115 Å². The second-order valence-electron chi connectivity index (χ2n) is 5.22. The van der Waals surface area contributed by atoms with Crippen molar-refractivity contribution in [3.8, 4) is 5.75 Å². The number of allylic oxidation sites excluding steroid dienone is 2. The highest BCUT2D eigenvalue weighted by molar-refractivity contribution is 9.09. The van der Waals surface area contributed by atoms with Crippen LogP contribution in [0, 0.1) is 5.41 Å². The monoisotopic (exact) mass is 306 g/mol. The molecule has 0 saturated heterocycles. The summed E-state index contributed by atoms with van der Waals surface area (Å²) in [5, 5.41) is 9.59. The predicted octanol–water partition coefficient (Wildman–Crippen LogP) is 3.46. The molecule has 0 saturated carbocycles. The molecule has 2 aliphatic rings. The van der Waals surface area contributed by atoms with Crippen LogP contribution in [-0.4, -0.2) is 15.7 Å². The molecule has 18 heavy (non-hydrogen) atoms. The average molecular weight is 307 g/mol. The van der Waals surface area contributed by atoms with Gasteiger partial charge >= 0.3 is 0 Å². The topological polar surface area (TPSA) is 37.3 Å². The summed E-state index contributed by atoms with van der Waals surface area (Å²) in [6, 6.07) is 5.46. The number of benzene rings is 1. The van der Waals surface area contributed by atoms with Gasteiger partial charge in [-0.1, -0.05) is 28.9 Å². The zero-order chi connectivity index (χ0) is 12.9. The normalized spacial score (nSPS) is 29.8. The lowest BCUT2D eigenvalue weighted by Crippen LogP contribution is -2.35. The third-order valence-electron chi connectivity index (χ3n) is 4.34. The van der Waals surface area contributed by atoms with Crippen molar-refractivity contribution < 1.29 is 9.90 Å². The van der Waals surface area contributed by atoms with Crippen LogP contribution in [0.3, 0.4) is 0 Å². The maximum atomic E-state index is 11.8. The Morgan fingerprint density at radius 3 is 3.00 bits per heavy atom. The van der Waals surface area contributed by atoms with E-state index in [1.165, 1.54) is 0 Å². The quantitative estimate of drug-likeness (QED) is 0.807. The van der Waals surface area contributed by atoms with E-state index in [2.05, 4.69) is 22.9 Å². The second-order valence-corrected chi connectivity index (χ2v) is 6.33. The van der Waals surface area contributed by atoms with Gasteiger partial charge in [-0.15, -0.1) is 0 Å². The lowest BCUT2D eigenvalue weighted by Gasteiger charge is -2.40. The molecular weight excluding hydrogens is 292 g/mol. The third kappa shape index (κ3) is 1.50. The Balaban J connectivity index is 2.22. The summed E-state index contributed by atoms with van der Waals surface area (Å²) in [6.07, 6.45) is 4.23. The van der Waals surface area contributed by atoms with Crippen LogP contribution in [0.5, 0.6) is 5.75 Å². The molecule has 1 N–H and O–H groups in total. The number of fused-ring (bicyclic) bond motifs is 3. The molecule has 3 rings (SSSR count). The summed E-state index contributed by atoms with van der Waals surface area (Å²) in [6.45, 7) is 2.14. The summed E-state index contributed by atoms with van der Waals surface area (Å²) >= 11 is 3.76. The molecule has 94 valence electrons. The molecule has 0 heterocycles. The van der Waals surface area contributed by atoms with Crippen molar-refractivity contribution in [2.75, 3.05) is 0 Å². The average Bonchev–Trinajstić information content (AvgIpc) is 2.67. The van der Waals surface area contributed by atoms with Crippen molar-refractivity contribution in [1.82, 2.24) is 0 Å². The Morgan fingerprint density at radius 1 is 1.50 bits per heavy atom. The summed E-state index contributed by atoms with van der Waals surface area (Å²) in [5.74, 6) is 0.514. The number of carbonyl (C=O) groups excluding carboxylic acids is 1. The molecule has 0 amide bonds. The van der Waals surface area contributed by atoms with E-state index < -0.39 is 0 Å². The number of carbonyl (C=O) groups is 1. The van der Waals surface area contributed by atoms with Crippen LogP contribution in [-0.2, 0) is 11.2 Å². The molecule has 0 fully saturated rings. The van der Waals surface area contributed by atoms with Crippen molar-refractivity contribution >= 4 is 27.3 Å². The van der Waals surface area contributed by atoms with Crippen LogP contribution >= 0.6 is 15.9 Å². The third-order valence-corrected chi connectivity index (χ3v) is 5.54. The van der Waals surface area contributed by atoms with Gasteiger partial charge in [0.25, 0.3) is 0 Å². The molecule has 0 bridgehead atoms. The van der Waals surface area contributed by atoms with Gasteiger partial charge in [-0.2, -0.15) is 0 Å². The van der Waals surface area contributed by atoms with Crippen LogP contribution in [0.4, 0.5) is 0 Å². The minimum absolute atomic E-state index is 0.0545. The van der Waals surface area contributed by atoms with E-state index in [-0.39, 0.29) is 16.0 Å². The highest BCUT2D eigenvalue weighted by atomic mass is 79.9. The van der Waals surface area contributed by atoms with Crippen LogP contribution in [0.2, 0.25) is 0 Å². The first-order valence-electron chi connectivity index (χ1n) is 6.28. The number of phenols is 1. The first-order valence-corrected chi connectivity index (χ1v) is 7.20. The van der Waals surface area contributed by atoms with Crippen LogP contribution in [0.25, 0.3) is 5.57 Å². The van der Waals surface area contributed by atoms with Crippen LogP contribution in [0.15, 0.2) is 24.3 Å². The van der Waals surface area contributed by atoms with Gasteiger partial charge in [0.1, 0.15) is 5.75 Å². The van der Waals surface area contributed by atoms with E-state index in [9.17, 15) is 9.90 Å². The van der Waals surface area contributed by atoms with Crippen molar-refractivity contribution in [2.45, 2.75) is 31.0 Å². The molecular formula is C15H15BrO2. The standard InChI is InChI=1S/C15H15BrO2/c1-2-15-8-11(18)7-13(15)12-4-3-10(17)5-9(12)6-14(15)16/h3-5,7,14,17H,2,6,8H2,1H3. The van der Waals surface area contributed by atoms with Gasteiger partial charge in [0.15, 0.2) is 5.78 Å². The van der Waals surface area contributed by atoms with Crippen molar-refractivity contribution in [1.29, 1.82) is 0 Å². The van der Waals surface area contributed by atoms with Crippen LogP contribution in [0.1, 0.15) is 30.9 Å². The molecule has 2 unspecified atom stereocenters. The Kier molecular flexibility index (Phi) is 2.63. The molecule has 2 aliphatic carbocycles. The van der Waals surface area contributed by atoms with Gasteiger partial charge in [-0.25, -0.2) is 0 Å². The number of rotatable bonds is 1. The lowest BCUT2D eigenvalue weighted by atomic mass is 9.67. The molecule has 1 aromatic carbocycles. The zero-order valence-electron chi connectivity index (χ0n) is 10.2. The van der Waals surface area contributed by atoms with Gasteiger partial charge in [0.2, 0.25) is 0 Å². The van der Waals surface area contributed by atoms with Crippen molar-refractivity contribution in [2.24, 2.45) is 5.41 Å². The number of hydrogen-bond donors (Lipinski definition) is 1. The molecule has 0 radical (unpaired) electrons. The number of phenolic OH excluding ortho intramolecular Hbond substituents is 1. The second kappa shape index (κ2) is 3.95. The Bertz CT molecular complexity index is 562. The van der Waals surface area contributed by atoms with Gasteiger partial charge in [0.05, 0.1) is 0 Å². The van der Waals surface area contributed by atoms with Gasteiger partial charge in [0, 0.05) is 16.7 Å². The largest absolute Gasteiger partial charge is 0.508 e. The van der Waals surface area contributed by atoms with E-state index in [1.807, 2.05) is 12.1 Å². The fourth-order valence-corrected chi connectivity index (χ4v) is 4.41. The maximum Gasteiger partial charge on any atom is 0.156 e. The minimum atomic E-state index is -0.0545. The highest BCUT2D eigenvalue weighted by Gasteiger charge is 2.48. The predicted molar refractivity (Wildman–Crippen MR) is 74.9 cm³/mol. The van der Waals surface area contributed by atoms with Gasteiger partial charge in [-0.05, 0) is 47.8 Å². The fourth-order valence-electron chi connectivity index (χ4n) is 3.32. The SMILES string of the molecule is CCC12CC(=O)C=C1c1ccc(O)cc1CC2Br. The summed E-state index contributed by atoms with van der Waals surface area (Å²) in [5.41, 5.74) is 3.36. The molecule has 0 aliphatic heterocycles. The van der Waals surface area contributed by atoms with E-state index in [1.54, 1.807) is 12.1 Å². The maximum absolute atomic E-state index is 11.8. The molecule has 0 aromatic heterocycles. The molecule has 1 aromatic rings. The molecule has 2 atom stereocenters. The lowest BCUT2D eigenvalue weighted by molar-refractivity contribution is -0.115. The summed E-state index contributed by atoms with van der Waals surface area (Å²) in [7, 11) is 0. The van der Waals surface area contributed by atoms with E-state index in [0.717, 1.165) is 29.5 Å². The number of ketones is 1. The molecule has 0 spiro atoms. The Hall–Kier alpha value is -1.09. The molecule has 3 heteroatoms. The molecule has 2 nitrogen and oxygen atoms in total. The summed E-state index contributed by atoms with van der Waals surface area (Å²) in [4.78, 5) is 12.1. The zero-order valence-corrected chi connectivity index (χ0v) is 11.8. The highest BCUT2D eigenvalue weighted by Crippen LogP contribution is 2.55. The first-order chi connectivity index (χ1) is 8.56. The van der Waals surface area contributed by atoms with Crippen molar-refractivity contribution in [3.05, 3.63) is 35.4 Å². The number of hydrogen-bond acceptors (Lipinski definition) is 2. The number of halogens is 1. The fraction of sp³-hybridized carbons (Fsp3) is 0.400. The van der Waals surface area contributed by atoms with Crippen molar-refractivity contribution in [3.63, 3.8) is 0 Å².